The molecule has 0 atom stereocenters. The van der Waals surface area contributed by atoms with E-state index in [4.69, 9.17) is 0 Å². The summed E-state index contributed by atoms with van der Waals surface area (Å²) >= 11 is 0. The fourth-order valence-electron chi connectivity index (χ4n) is 2.14. The summed E-state index contributed by atoms with van der Waals surface area (Å²) in [4.78, 5) is 47.1. The lowest BCUT2D eigenvalue weighted by Gasteiger charge is -2.08. The van der Waals surface area contributed by atoms with Crippen molar-refractivity contribution in [3.8, 4) is 0 Å². The number of carbonyl (C=O) groups is 2. The summed E-state index contributed by atoms with van der Waals surface area (Å²) in [6.07, 6.45) is -0.0202. The van der Waals surface area contributed by atoms with E-state index in [1.807, 2.05) is 0 Å². The van der Waals surface area contributed by atoms with Gasteiger partial charge in [0.1, 0.15) is 0 Å². The number of hydrogen-bond donors (Lipinski definition) is 3. The van der Waals surface area contributed by atoms with E-state index in [2.05, 4.69) is 15.7 Å². The zero-order chi connectivity index (χ0) is 16.8. The first kappa shape index (κ1) is 16.5. The predicted molar refractivity (Wildman–Crippen MR) is 85.1 cm³/mol. The molecule has 23 heavy (non-hydrogen) atoms. The first-order chi connectivity index (χ1) is 11.0. The Morgan fingerprint density at radius 3 is 2.48 bits per heavy atom. The van der Waals surface area contributed by atoms with Crippen LogP contribution in [-0.2, 0) is 16.1 Å². The van der Waals surface area contributed by atoms with Crippen molar-refractivity contribution in [3.63, 3.8) is 0 Å². The Bertz CT molecular complexity index is 837. The number of aryl methyl sites for hydroxylation is 1. The minimum atomic E-state index is -0.386. The van der Waals surface area contributed by atoms with Crippen LogP contribution in [0.4, 0.5) is 0 Å². The number of benzene rings is 1. The Morgan fingerprint density at radius 2 is 1.78 bits per heavy atom. The highest BCUT2D eigenvalue weighted by molar-refractivity contribution is 5.84. The number of likely N-dealkylation sites (N-methyl/N-ethyl adjacent to an activating group) is 1. The number of fused-ring (bicyclic) bond motifs is 1. The molecule has 3 N–H and O–H groups in total. The van der Waals surface area contributed by atoms with E-state index in [1.165, 1.54) is 0 Å². The van der Waals surface area contributed by atoms with Crippen LogP contribution < -0.4 is 21.8 Å². The minimum absolute atomic E-state index is 0.0202. The van der Waals surface area contributed by atoms with Crippen LogP contribution in [0.1, 0.15) is 13.3 Å². The van der Waals surface area contributed by atoms with Gasteiger partial charge in [-0.2, -0.15) is 0 Å². The first-order valence-electron chi connectivity index (χ1n) is 7.28. The van der Waals surface area contributed by atoms with Crippen LogP contribution in [0.15, 0.2) is 33.9 Å². The number of H-pyrrole nitrogens is 1. The van der Waals surface area contributed by atoms with E-state index >= 15 is 0 Å². The van der Waals surface area contributed by atoms with Gasteiger partial charge in [0.15, 0.2) is 0 Å². The standard InChI is InChI=1S/C15H18N4O4/c1-2-16-13(21)9-17-12(20)7-8-19-15(23)11-6-4-3-5-10(11)14(22)18-19/h3-6H,2,7-9H2,1H3,(H,16,21)(H,17,20)(H,18,22). The van der Waals surface area contributed by atoms with Gasteiger partial charge in [0.2, 0.25) is 11.8 Å². The maximum absolute atomic E-state index is 12.2. The maximum atomic E-state index is 12.2. The van der Waals surface area contributed by atoms with E-state index in [0.717, 1.165) is 4.68 Å². The lowest BCUT2D eigenvalue weighted by Crippen LogP contribution is -2.38. The number of rotatable bonds is 6. The number of aromatic nitrogens is 2. The molecule has 0 saturated heterocycles. The van der Waals surface area contributed by atoms with Crippen LogP contribution in [-0.4, -0.2) is 34.7 Å². The van der Waals surface area contributed by atoms with E-state index in [9.17, 15) is 19.2 Å². The zero-order valence-corrected chi connectivity index (χ0v) is 12.7. The summed E-state index contributed by atoms with van der Waals surface area (Å²) < 4.78 is 1.11. The highest BCUT2D eigenvalue weighted by Crippen LogP contribution is 2.02. The molecule has 0 unspecified atom stereocenters. The first-order valence-corrected chi connectivity index (χ1v) is 7.28. The average molecular weight is 318 g/mol. The number of hydrogen-bond acceptors (Lipinski definition) is 4. The number of nitrogens with zero attached hydrogens (tertiary/aromatic N) is 1. The van der Waals surface area contributed by atoms with Gasteiger partial charge in [-0.05, 0) is 19.1 Å². The summed E-state index contributed by atoms with van der Waals surface area (Å²) in [5, 5.41) is 8.07. The van der Waals surface area contributed by atoms with Gasteiger partial charge in [0.25, 0.3) is 11.1 Å². The number of carbonyl (C=O) groups excluding carboxylic acids is 2. The van der Waals surface area contributed by atoms with Gasteiger partial charge in [0.05, 0.1) is 23.9 Å². The van der Waals surface area contributed by atoms with E-state index in [0.29, 0.717) is 17.3 Å². The maximum Gasteiger partial charge on any atom is 0.273 e. The molecule has 8 nitrogen and oxygen atoms in total. The van der Waals surface area contributed by atoms with Crippen molar-refractivity contribution in [1.82, 2.24) is 20.4 Å². The number of amides is 2. The molecule has 0 spiro atoms. The van der Waals surface area contributed by atoms with Crippen molar-refractivity contribution in [3.05, 3.63) is 45.0 Å². The molecule has 2 aromatic rings. The number of nitrogens with one attached hydrogen (secondary N) is 3. The Hall–Kier alpha value is -2.90. The topological polar surface area (TPSA) is 113 Å². The molecule has 1 aromatic heterocycles. The van der Waals surface area contributed by atoms with Crippen molar-refractivity contribution >= 4 is 22.6 Å². The molecule has 1 aromatic carbocycles. The highest BCUT2D eigenvalue weighted by Gasteiger charge is 2.09. The van der Waals surface area contributed by atoms with Crippen LogP contribution in [0.2, 0.25) is 0 Å². The normalized spacial score (nSPS) is 10.5. The van der Waals surface area contributed by atoms with Crippen molar-refractivity contribution < 1.29 is 9.59 Å². The van der Waals surface area contributed by atoms with Crippen LogP contribution in [0.3, 0.4) is 0 Å². The summed E-state index contributed by atoms with van der Waals surface area (Å²) in [5.74, 6) is -0.658. The van der Waals surface area contributed by atoms with E-state index in [-0.39, 0.29) is 42.4 Å². The van der Waals surface area contributed by atoms with Gasteiger partial charge < -0.3 is 10.6 Å². The SMILES string of the molecule is CCNC(=O)CNC(=O)CCn1[nH]c(=O)c2ccccc2c1=O. The van der Waals surface area contributed by atoms with Gasteiger partial charge in [-0.25, -0.2) is 4.68 Å². The summed E-state index contributed by atoms with van der Waals surface area (Å²) in [6.45, 7) is 2.18. The molecule has 8 heteroatoms. The van der Waals surface area contributed by atoms with Gasteiger partial charge in [-0.1, -0.05) is 12.1 Å². The second-order valence-corrected chi connectivity index (χ2v) is 4.92. The third kappa shape index (κ3) is 4.06. The lowest BCUT2D eigenvalue weighted by atomic mass is 10.2. The summed E-state index contributed by atoms with van der Waals surface area (Å²) in [6, 6.07) is 6.49. The van der Waals surface area contributed by atoms with E-state index in [1.54, 1.807) is 31.2 Å². The number of aromatic amines is 1. The smallest absolute Gasteiger partial charge is 0.273 e. The quantitative estimate of drug-likeness (QED) is 0.655. The molecule has 0 aliphatic carbocycles. The molecule has 122 valence electrons. The predicted octanol–water partition coefficient (Wildman–Crippen LogP) is -0.668. The molecule has 0 saturated carbocycles. The summed E-state index contributed by atoms with van der Waals surface area (Å²) in [5.41, 5.74) is -0.750. The fraction of sp³-hybridized carbons (Fsp3) is 0.333. The average Bonchev–Trinajstić information content (AvgIpc) is 2.55. The van der Waals surface area contributed by atoms with Crippen molar-refractivity contribution in [2.24, 2.45) is 0 Å². The van der Waals surface area contributed by atoms with Gasteiger partial charge >= 0.3 is 0 Å². The molecule has 2 amide bonds. The lowest BCUT2D eigenvalue weighted by molar-refractivity contribution is -0.126. The van der Waals surface area contributed by atoms with Crippen LogP contribution in [0, 0.1) is 0 Å². The fourth-order valence-corrected chi connectivity index (χ4v) is 2.14. The van der Waals surface area contributed by atoms with E-state index < -0.39 is 0 Å². The Morgan fingerprint density at radius 1 is 1.09 bits per heavy atom. The minimum Gasteiger partial charge on any atom is -0.355 e. The summed E-state index contributed by atoms with van der Waals surface area (Å²) in [7, 11) is 0. The second kappa shape index (κ2) is 7.39. The molecule has 0 fully saturated rings. The largest absolute Gasteiger partial charge is 0.355 e. The third-order valence-corrected chi connectivity index (χ3v) is 3.27. The van der Waals surface area contributed by atoms with Gasteiger partial charge in [-0.3, -0.25) is 24.3 Å². The monoisotopic (exact) mass is 318 g/mol. The Kier molecular flexibility index (Phi) is 5.29. The highest BCUT2D eigenvalue weighted by atomic mass is 16.2. The van der Waals surface area contributed by atoms with Crippen molar-refractivity contribution in [2.45, 2.75) is 19.9 Å². The van der Waals surface area contributed by atoms with Crippen molar-refractivity contribution in [1.29, 1.82) is 0 Å². The Labute approximate surface area is 131 Å². The zero-order valence-electron chi connectivity index (χ0n) is 12.7. The molecule has 1 heterocycles. The molecule has 0 aliphatic rings. The molecule has 0 aliphatic heterocycles. The third-order valence-electron chi connectivity index (χ3n) is 3.27. The molecule has 0 bridgehead atoms. The van der Waals surface area contributed by atoms with Crippen molar-refractivity contribution in [2.75, 3.05) is 13.1 Å². The molecular weight excluding hydrogens is 300 g/mol. The van der Waals surface area contributed by atoms with Crippen LogP contribution >= 0.6 is 0 Å². The van der Waals surface area contributed by atoms with Crippen LogP contribution in [0.5, 0.6) is 0 Å². The molecule has 2 rings (SSSR count). The van der Waals surface area contributed by atoms with Crippen LogP contribution in [0.25, 0.3) is 10.8 Å². The molecule has 0 radical (unpaired) electrons. The second-order valence-electron chi connectivity index (χ2n) is 4.92. The molecular formula is C15H18N4O4. The van der Waals surface area contributed by atoms with Gasteiger partial charge in [0, 0.05) is 13.0 Å². The Balaban J connectivity index is 2.04. The van der Waals surface area contributed by atoms with Gasteiger partial charge in [-0.15, -0.1) is 0 Å².